The molecule has 0 unspecified atom stereocenters. The highest BCUT2D eigenvalue weighted by atomic mass is 16.5. The second-order valence-electron chi connectivity index (χ2n) is 5.60. The lowest BCUT2D eigenvalue weighted by molar-refractivity contribution is -0.126. The number of para-hydroxylation sites is 1. The Kier molecular flexibility index (Phi) is 5.16. The van der Waals surface area contributed by atoms with Crippen molar-refractivity contribution in [3.63, 3.8) is 0 Å². The first kappa shape index (κ1) is 16.7. The molecule has 120 valence electrons. The average molecular weight is 311 g/mol. The predicted molar refractivity (Wildman–Crippen MR) is 90.6 cm³/mol. The van der Waals surface area contributed by atoms with Crippen molar-refractivity contribution in [2.24, 2.45) is 0 Å². The molecule has 2 aromatic rings. The summed E-state index contributed by atoms with van der Waals surface area (Å²) in [7, 11) is 1.67. The minimum atomic E-state index is -0.853. The van der Waals surface area contributed by atoms with E-state index in [1.165, 1.54) is 4.90 Å². The molecule has 0 saturated heterocycles. The molecule has 2 rings (SSSR count). The van der Waals surface area contributed by atoms with E-state index in [1.807, 2.05) is 56.3 Å². The SMILES string of the molecule is Cc1ccc(C(=O)O[C@H](C)C(=O)N(C)c2ccccc2)c(C)c1. The molecule has 0 N–H and O–H groups in total. The zero-order chi connectivity index (χ0) is 17.0. The molecule has 0 fully saturated rings. The van der Waals surface area contributed by atoms with Crippen molar-refractivity contribution in [1.29, 1.82) is 0 Å². The van der Waals surface area contributed by atoms with Crippen molar-refractivity contribution in [2.45, 2.75) is 26.9 Å². The highest BCUT2D eigenvalue weighted by Gasteiger charge is 2.23. The van der Waals surface area contributed by atoms with Crippen LogP contribution in [0.5, 0.6) is 0 Å². The van der Waals surface area contributed by atoms with E-state index in [0.717, 1.165) is 16.8 Å². The van der Waals surface area contributed by atoms with Crippen LogP contribution in [0.4, 0.5) is 5.69 Å². The Morgan fingerprint density at radius 1 is 1.04 bits per heavy atom. The van der Waals surface area contributed by atoms with Crippen LogP contribution in [0.25, 0.3) is 0 Å². The number of hydrogen-bond donors (Lipinski definition) is 0. The van der Waals surface area contributed by atoms with Crippen LogP contribution in [0.3, 0.4) is 0 Å². The van der Waals surface area contributed by atoms with Crippen LogP contribution in [0.15, 0.2) is 48.5 Å². The van der Waals surface area contributed by atoms with Gasteiger partial charge in [-0.25, -0.2) is 4.79 Å². The Hall–Kier alpha value is -2.62. The lowest BCUT2D eigenvalue weighted by atomic mass is 10.1. The van der Waals surface area contributed by atoms with E-state index in [2.05, 4.69) is 0 Å². The van der Waals surface area contributed by atoms with E-state index in [9.17, 15) is 9.59 Å². The van der Waals surface area contributed by atoms with Crippen LogP contribution in [0, 0.1) is 13.8 Å². The molecule has 2 aromatic carbocycles. The molecule has 0 bridgehead atoms. The lowest BCUT2D eigenvalue weighted by Crippen LogP contribution is -2.37. The van der Waals surface area contributed by atoms with Crippen molar-refractivity contribution in [3.8, 4) is 0 Å². The number of rotatable bonds is 4. The Morgan fingerprint density at radius 3 is 2.30 bits per heavy atom. The molecular formula is C19H21NO3. The summed E-state index contributed by atoms with van der Waals surface area (Å²) in [5.41, 5.74) is 3.16. The van der Waals surface area contributed by atoms with Gasteiger partial charge >= 0.3 is 5.97 Å². The molecule has 4 heteroatoms. The third-order valence-electron chi connectivity index (χ3n) is 3.71. The van der Waals surface area contributed by atoms with Crippen LogP contribution in [-0.2, 0) is 9.53 Å². The number of aryl methyl sites for hydroxylation is 2. The summed E-state index contributed by atoms with van der Waals surface area (Å²) in [6, 6.07) is 14.7. The first-order valence-corrected chi connectivity index (χ1v) is 7.51. The second-order valence-corrected chi connectivity index (χ2v) is 5.60. The number of carbonyl (C=O) groups excluding carboxylic acids is 2. The molecule has 4 nitrogen and oxygen atoms in total. The quantitative estimate of drug-likeness (QED) is 0.812. The van der Waals surface area contributed by atoms with E-state index in [-0.39, 0.29) is 5.91 Å². The maximum atomic E-state index is 12.4. The van der Waals surface area contributed by atoms with E-state index in [0.29, 0.717) is 5.56 Å². The normalized spacial score (nSPS) is 11.7. The monoisotopic (exact) mass is 311 g/mol. The van der Waals surface area contributed by atoms with Crippen LogP contribution in [-0.4, -0.2) is 25.0 Å². The number of esters is 1. The van der Waals surface area contributed by atoms with Gasteiger partial charge in [-0.1, -0.05) is 35.9 Å². The van der Waals surface area contributed by atoms with Gasteiger partial charge in [0.25, 0.3) is 5.91 Å². The zero-order valence-electron chi connectivity index (χ0n) is 13.9. The van der Waals surface area contributed by atoms with Crippen molar-refractivity contribution >= 4 is 17.6 Å². The van der Waals surface area contributed by atoms with Gasteiger partial charge < -0.3 is 9.64 Å². The molecule has 23 heavy (non-hydrogen) atoms. The van der Waals surface area contributed by atoms with E-state index < -0.39 is 12.1 Å². The van der Waals surface area contributed by atoms with Crippen molar-refractivity contribution in [3.05, 3.63) is 65.2 Å². The van der Waals surface area contributed by atoms with Crippen LogP contribution in [0.1, 0.15) is 28.4 Å². The summed E-state index contributed by atoms with van der Waals surface area (Å²) in [4.78, 5) is 26.1. The van der Waals surface area contributed by atoms with Crippen molar-refractivity contribution in [1.82, 2.24) is 0 Å². The third kappa shape index (κ3) is 3.97. The highest BCUT2D eigenvalue weighted by molar-refractivity contribution is 5.99. The fourth-order valence-corrected chi connectivity index (χ4v) is 2.37. The van der Waals surface area contributed by atoms with E-state index >= 15 is 0 Å². The largest absolute Gasteiger partial charge is 0.449 e. The van der Waals surface area contributed by atoms with Crippen LogP contribution in [0.2, 0.25) is 0 Å². The fourth-order valence-electron chi connectivity index (χ4n) is 2.37. The number of anilines is 1. The molecule has 0 saturated carbocycles. The highest BCUT2D eigenvalue weighted by Crippen LogP contribution is 2.16. The number of ether oxygens (including phenoxy) is 1. The number of nitrogens with zero attached hydrogens (tertiary/aromatic N) is 1. The van der Waals surface area contributed by atoms with Gasteiger partial charge in [0.2, 0.25) is 0 Å². The molecule has 0 heterocycles. The summed E-state index contributed by atoms with van der Waals surface area (Å²) in [5.74, 6) is -0.751. The maximum absolute atomic E-state index is 12.4. The molecule has 0 spiro atoms. The smallest absolute Gasteiger partial charge is 0.339 e. The molecule has 0 aliphatic carbocycles. The van der Waals surface area contributed by atoms with Gasteiger partial charge in [-0.3, -0.25) is 4.79 Å². The van der Waals surface area contributed by atoms with Crippen molar-refractivity contribution < 1.29 is 14.3 Å². The van der Waals surface area contributed by atoms with E-state index in [1.54, 1.807) is 20.0 Å². The molecular weight excluding hydrogens is 290 g/mol. The summed E-state index contributed by atoms with van der Waals surface area (Å²) < 4.78 is 5.33. The Labute approximate surface area is 136 Å². The summed E-state index contributed by atoms with van der Waals surface area (Å²) >= 11 is 0. The van der Waals surface area contributed by atoms with Gasteiger partial charge in [0.1, 0.15) is 0 Å². The van der Waals surface area contributed by atoms with Gasteiger partial charge in [-0.2, -0.15) is 0 Å². The number of amides is 1. The van der Waals surface area contributed by atoms with Crippen molar-refractivity contribution in [2.75, 3.05) is 11.9 Å². The minimum Gasteiger partial charge on any atom is -0.449 e. The Morgan fingerprint density at radius 2 is 1.70 bits per heavy atom. The summed E-state index contributed by atoms with van der Waals surface area (Å²) in [5, 5.41) is 0. The molecule has 1 amide bonds. The minimum absolute atomic E-state index is 0.269. The van der Waals surface area contributed by atoms with Gasteiger partial charge in [0, 0.05) is 12.7 Å². The van der Waals surface area contributed by atoms with Crippen LogP contribution >= 0.6 is 0 Å². The first-order valence-electron chi connectivity index (χ1n) is 7.51. The molecule has 0 radical (unpaired) electrons. The third-order valence-corrected chi connectivity index (χ3v) is 3.71. The summed E-state index contributed by atoms with van der Waals surface area (Å²) in [6.07, 6.45) is -0.853. The molecule has 0 aliphatic rings. The van der Waals surface area contributed by atoms with Gasteiger partial charge in [-0.05, 0) is 44.5 Å². The summed E-state index contributed by atoms with van der Waals surface area (Å²) in [6.45, 7) is 5.40. The van der Waals surface area contributed by atoms with Crippen LogP contribution < -0.4 is 4.90 Å². The van der Waals surface area contributed by atoms with Gasteiger partial charge in [-0.15, -0.1) is 0 Å². The van der Waals surface area contributed by atoms with Gasteiger partial charge in [0.15, 0.2) is 6.10 Å². The number of likely N-dealkylation sites (N-methyl/N-ethyl adjacent to an activating group) is 1. The Balaban J connectivity index is 2.07. The van der Waals surface area contributed by atoms with E-state index in [4.69, 9.17) is 4.74 Å². The second kappa shape index (κ2) is 7.09. The standard InChI is InChI=1S/C19H21NO3/c1-13-10-11-17(14(2)12-13)19(22)23-15(3)18(21)20(4)16-8-6-5-7-9-16/h5-12,15H,1-4H3/t15-/m1/s1. The topological polar surface area (TPSA) is 46.6 Å². The average Bonchev–Trinajstić information content (AvgIpc) is 2.54. The Bertz CT molecular complexity index is 710. The molecule has 0 aromatic heterocycles. The fraction of sp³-hybridized carbons (Fsp3) is 0.263. The molecule has 0 aliphatic heterocycles. The number of hydrogen-bond acceptors (Lipinski definition) is 3. The van der Waals surface area contributed by atoms with Gasteiger partial charge in [0.05, 0.1) is 5.56 Å². The molecule has 1 atom stereocenters. The predicted octanol–water partition coefficient (Wildman–Crippen LogP) is 3.51. The zero-order valence-corrected chi connectivity index (χ0v) is 13.9. The first-order chi connectivity index (χ1) is 10.9. The number of carbonyl (C=O) groups is 2. The maximum Gasteiger partial charge on any atom is 0.339 e. The number of benzene rings is 2. The lowest BCUT2D eigenvalue weighted by Gasteiger charge is -2.21.